The van der Waals surface area contributed by atoms with E-state index in [2.05, 4.69) is 10.8 Å². The average Bonchev–Trinajstić information content (AvgIpc) is 2.97. The summed E-state index contributed by atoms with van der Waals surface area (Å²) in [4.78, 5) is 0. The topological polar surface area (TPSA) is 45.0 Å². The van der Waals surface area contributed by atoms with E-state index in [0.717, 1.165) is 24.3 Å². The Labute approximate surface area is 128 Å². The summed E-state index contributed by atoms with van der Waals surface area (Å²) in [5.41, 5.74) is 1.28. The summed E-state index contributed by atoms with van der Waals surface area (Å²) < 4.78 is 18.6. The van der Waals surface area contributed by atoms with Gasteiger partial charge in [0, 0.05) is 12.3 Å². The van der Waals surface area contributed by atoms with Gasteiger partial charge < -0.3 is 9.46 Å². The Hall–Kier alpha value is -1.12. The van der Waals surface area contributed by atoms with Crippen LogP contribution in [0.4, 0.5) is 10.1 Å². The predicted octanol–water partition coefficient (Wildman–Crippen LogP) is 4.81. The van der Waals surface area contributed by atoms with Crippen molar-refractivity contribution in [2.75, 3.05) is 18.2 Å². The average molecular weight is 317 g/mol. The van der Waals surface area contributed by atoms with Gasteiger partial charge in [-0.1, -0.05) is 23.5 Å². The number of hydrogen-bond donors (Lipinski definition) is 1. The summed E-state index contributed by atoms with van der Waals surface area (Å²) >= 11 is 7.52. The van der Waals surface area contributed by atoms with Crippen LogP contribution in [0.2, 0.25) is 5.02 Å². The van der Waals surface area contributed by atoms with Crippen LogP contribution >= 0.6 is 23.5 Å². The SMILES string of the molecule is CF.CSNc1cc(C#N)c(Cl)cc1OC1CCCC1. The number of halogens is 2. The second-order valence-corrected chi connectivity index (χ2v) is 5.29. The van der Waals surface area contributed by atoms with Gasteiger partial charge in [0.1, 0.15) is 11.8 Å². The molecule has 0 atom stereocenters. The van der Waals surface area contributed by atoms with E-state index in [1.165, 1.54) is 24.8 Å². The number of nitriles is 1. The van der Waals surface area contributed by atoms with Crippen molar-refractivity contribution in [1.82, 2.24) is 0 Å². The van der Waals surface area contributed by atoms with Crippen LogP contribution in [0, 0.1) is 11.3 Å². The summed E-state index contributed by atoms with van der Waals surface area (Å²) in [7, 11) is 0.500. The minimum Gasteiger partial charge on any atom is -0.488 e. The van der Waals surface area contributed by atoms with E-state index in [-0.39, 0.29) is 6.10 Å². The van der Waals surface area contributed by atoms with E-state index < -0.39 is 0 Å². The third-order valence-electron chi connectivity index (χ3n) is 3.00. The fourth-order valence-electron chi connectivity index (χ4n) is 2.11. The first-order chi connectivity index (χ1) is 9.74. The lowest BCUT2D eigenvalue weighted by atomic mass is 10.2. The Balaban J connectivity index is 0.000000956. The summed E-state index contributed by atoms with van der Waals surface area (Å²) in [5, 5.41) is 9.42. The molecule has 0 bridgehead atoms. The summed E-state index contributed by atoms with van der Waals surface area (Å²) in [6, 6.07) is 5.55. The van der Waals surface area contributed by atoms with Crippen molar-refractivity contribution in [3.63, 3.8) is 0 Å². The monoisotopic (exact) mass is 316 g/mol. The van der Waals surface area contributed by atoms with E-state index in [1.807, 2.05) is 6.26 Å². The molecule has 110 valence electrons. The van der Waals surface area contributed by atoms with Crippen molar-refractivity contribution in [3.8, 4) is 11.8 Å². The van der Waals surface area contributed by atoms with Crippen LogP contribution in [0.3, 0.4) is 0 Å². The molecule has 0 radical (unpaired) electrons. The highest BCUT2D eigenvalue weighted by Crippen LogP contribution is 2.35. The number of benzene rings is 1. The fraction of sp³-hybridized carbons (Fsp3) is 0.500. The second-order valence-electron chi connectivity index (χ2n) is 4.27. The number of alkyl halides is 1. The van der Waals surface area contributed by atoms with Crippen molar-refractivity contribution >= 4 is 29.2 Å². The molecule has 20 heavy (non-hydrogen) atoms. The lowest BCUT2D eigenvalue weighted by Crippen LogP contribution is -2.12. The van der Waals surface area contributed by atoms with Gasteiger partial charge in [-0.3, -0.25) is 4.39 Å². The first-order valence-corrected chi connectivity index (χ1v) is 7.92. The Morgan fingerprint density at radius 2 is 2.05 bits per heavy atom. The molecule has 0 saturated heterocycles. The van der Waals surface area contributed by atoms with Gasteiger partial charge in [0.2, 0.25) is 0 Å². The lowest BCUT2D eigenvalue weighted by molar-refractivity contribution is 0.211. The molecule has 6 heteroatoms. The number of nitrogens with zero attached hydrogens (tertiary/aromatic N) is 1. The molecule has 0 heterocycles. The summed E-state index contributed by atoms with van der Waals surface area (Å²) in [5.74, 6) is 0.736. The molecule has 1 aromatic rings. The van der Waals surface area contributed by atoms with E-state index >= 15 is 0 Å². The minimum atomic E-state index is 0.274. The normalized spacial score (nSPS) is 14.2. The zero-order valence-electron chi connectivity index (χ0n) is 11.6. The van der Waals surface area contributed by atoms with Crippen molar-refractivity contribution in [1.29, 1.82) is 5.26 Å². The Bertz CT molecular complexity index is 473. The van der Waals surface area contributed by atoms with Crippen molar-refractivity contribution in [3.05, 3.63) is 22.7 Å². The maximum Gasteiger partial charge on any atom is 0.145 e. The molecular weight excluding hydrogens is 299 g/mol. The highest BCUT2D eigenvalue weighted by atomic mass is 35.5. The zero-order valence-corrected chi connectivity index (χ0v) is 13.2. The van der Waals surface area contributed by atoms with Gasteiger partial charge >= 0.3 is 0 Å². The highest BCUT2D eigenvalue weighted by molar-refractivity contribution is 7.99. The Morgan fingerprint density at radius 1 is 1.40 bits per heavy atom. The lowest BCUT2D eigenvalue weighted by Gasteiger charge is -2.17. The van der Waals surface area contributed by atoms with Gasteiger partial charge in [0.15, 0.2) is 0 Å². The molecule has 1 aliphatic rings. The van der Waals surface area contributed by atoms with Gasteiger partial charge in [0.05, 0.1) is 29.6 Å². The van der Waals surface area contributed by atoms with Gasteiger partial charge in [-0.05, 0) is 31.7 Å². The molecule has 0 unspecified atom stereocenters. The van der Waals surface area contributed by atoms with Crippen molar-refractivity contribution < 1.29 is 9.13 Å². The molecule has 0 aromatic heterocycles. The maximum absolute atomic E-state index is 9.50. The van der Waals surface area contributed by atoms with Gasteiger partial charge in [-0.15, -0.1) is 0 Å². The predicted molar refractivity (Wildman–Crippen MR) is 83.2 cm³/mol. The number of ether oxygens (including phenoxy) is 1. The third-order valence-corrected chi connectivity index (χ3v) is 3.73. The fourth-order valence-corrected chi connectivity index (χ4v) is 2.69. The molecular formula is C14H18ClFN2OS. The van der Waals surface area contributed by atoms with Crippen LogP contribution < -0.4 is 9.46 Å². The van der Waals surface area contributed by atoms with E-state index in [0.29, 0.717) is 17.8 Å². The van der Waals surface area contributed by atoms with E-state index in [4.69, 9.17) is 21.6 Å². The first kappa shape index (κ1) is 16.9. The third kappa shape index (κ3) is 4.46. The molecule has 1 saturated carbocycles. The summed E-state index contributed by atoms with van der Waals surface area (Å²) in [6.07, 6.45) is 6.84. The molecule has 3 nitrogen and oxygen atoms in total. The summed E-state index contributed by atoms with van der Waals surface area (Å²) in [6.45, 7) is 0. The number of nitrogens with one attached hydrogen (secondary N) is 1. The second kappa shape index (κ2) is 8.93. The standard InChI is InChI=1S/C13H15ClN2OS.CH3F/c1-18-16-12-6-9(8-15)11(14)7-13(12)17-10-4-2-3-5-10;1-2/h6-7,10,16H,2-5H2,1H3;1H3. The largest absolute Gasteiger partial charge is 0.488 e. The first-order valence-electron chi connectivity index (χ1n) is 6.31. The smallest absolute Gasteiger partial charge is 0.145 e. The number of rotatable bonds is 4. The van der Waals surface area contributed by atoms with Gasteiger partial charge in [-0.2, -0.15) is 5.26 Å². The van der Waals surface area contributed by atoms with Gasteiger partial charge in [0.25, 0.3) is 0 Å². The van der Waals surface area contributed by atoms with Crippen LogP contribution in [0.5, 0.6) is 5.75 Å². The van der Waals surface area contributed by atoms with Crippen LogP contribution in [0.1, 0.15) is 31.2 Å². The van der Waals surface area contributed by atoms with Crippen molar-refractivity contribution in [2.45, 2.75) is 31.8 Å². The van der Waals surface area contributed by atoms with E-state index in [1.54, 1.807) is 12.1 Å². The van der Waals surface area contributed by atoms with Crippen LogP contribution in [-0.4, -0.2) is 19.5 Å². The quantitative estimate of drug-likeness (QED) is 0.810. The van der Waals surface area contributed by atoms with E-state index in [9.17, 15) is 4.39 Å². The van der Waals surface area contributed by atoms with Crippen molar-refractivity contribution in [2.24, 2.45) is 0 Å². The Kier molecular flexibility index (Phi) is 7.56. The van der Waals surface area contributed by atoms with Crippen LogP contribution in [-0.2, 0) is 0 Å². The molecule has 1 aliphatic carbocycles. The molecule has 0 spiro atoms. The molecule has 0 aliphatic heterocycles. The van der Waals surface area contributed by atoms with Crippen LogP contribution in [0.15, 0.2) is 12.1 Å². The molecule has 1 N–H and O–H groups in total. The molecule has 2 rings (SSSR count). The Morgan fingerprint density at radius 3 is 2.60 bits per heavy atom. The number of anilines is 1. The molecule has 1 fully saturated rings. The zero-order chi connectivity index (χ0) is 15.0. The minimum absolute atomic E-state index is 0.274. The number of hydrogen-bond acceptors (Lipinski definition) is 4. The highest BCUT2D eigenvalue weighted by Gasteiger charge is 2.19. The van der Waals surface area contributed by atoms with Crippen LogP contribution in [0.25, 0.3) is 0 Å². The maximum atomic E-state index is 9.50. The van der Waals surface area contributed by atoms with Gasteiger partial charge in [-0.25, -0.2) is 0 Å². The molecule has 1 aromatic carbocycles. The molecule has 0 amide bonds.